The summed E-state index contributed by atoms with van der Waals surface area (Å²) in [6.07, 6.45) is 0. The summed E-state index contributed by atoms with van der Waals surface area (Å²) in [6, 6.07) is 12.3. The smallest absolute Gasteiger partial charge is 0.127 e. The molecule has 0 saturated heterocycles. The lowest BCUT2D eigenvalue weighted by Gasteiger charge is -2.12. The van der Waals surface area contributed by atoms with E-state index in [4.69, 9.17) is 0 Å². The second-order valence-corrected chi connectivity index (χ2v) is 6.08. The van der Waals surface area contributed by atoms with Crippen molar-refractivity contribution in [2.45, 2.75) is 17.9 Å². The van der Waals surface area contributed by atoms with Crippen LogP contribution in [0.1, 0.15) is 23.3 Å². The molecule has 0 spiro atoms. The largest absolute Gasteiger partial charge is 0.259 e. The zero-order chi connectivity index (χ0) is 13.8. The van der Waals surface area contributed by atoms with Crippen molar-refractivity contribution >= 4 is 10.8 Å². The lowest BCUT2D eigenvalue weighted by molar-refractivity contribution is 0.606. The van der Waals surface area contributed by atoms with Crippen molar-refractivity contribution in [2.75, 3.05) is 0 Å². The van der Waals surface area contributed by atoms with Crippen LogP contribution in [-0.4, -0.2) is 4.21 Å². The van der Waals surface area contributed by atoms with Crippen LogP contribution in [0.2, 0.25) is 0 Å². The summed E-state index contributed by atoms with van der Waals surface area (Å²) < 4.78 is 38.9. The van der Waals surface area contributed by atoms with E-state index in [2.05, 4.69) is 0 Å². The summed E-state index contributed by atoms with van der Waals surface area (Å²) in [5.74, 6) is -0.497. The molecular weight excluding hydrogens is 266 g/mol. The maximum Gasteiger partial charge on any atom is 0.127 e. The Balaban J connectivity index is 2.14. The van der Waals surface area contributed by atoms with Crippen molar-refractivity contribution in [2.24, 2.45) is 0 Å². The molecule has 2 rings (SSSR count). The molecule has 0 heterocycles. The Morgan fingerprint density at radius 2 is 1.84 bits per heavy atom. The number of hydrogen-bond donors (Lipinski definition) is 0. The highest BCUT2D eigenvalue weighted by atomic mass is 32.2. The van der Waals surface area contributed by atoms with Crippen LogP contribution in [0.25, 0.3) is 0 Å². The van der Waals surface area contributed by atoms with Crippen LogP contribution in [0, 0.1) is 11.6 Å². The first kappa shape index (κ1) is 13.9. The Hall–Kier alpha value is -1.55. The van der Waals surface area contributed by atoms with Gasteiger partial charge in [0.05, 0.1) is 5.25 Å². The molecule has 0 radical (unpaired) electrons. The molecule has 0 aromatic heterocycles. The average Bonchev–Trinajstić information content (AvgIpc) is 2.38. The van der Waals surface area contributed by atoms with Crippen LogP contribution in [-0.2, 0) is 16.6 Å². The van der Waals surface area contributed by atoms with Gasteiger partial charge in [-0.3, -0.25) is 4.21 Å². The van der Waals surface area contributed by atoms with Crippen molar-refractivity contribution in [1.29, 1.82) is 0 Å². The molecule has 19 heavy (non-hydrogen) atoms. The van der Waals surface area contributed by atoms with Crippen molar-refractivity contribution in [3.8, 4) is 0 Å². The third-order valence-corrected chi connectivity index (χ3v) is 4.60. The summed E-state index contributed by atoms with van der Waals surface area (Å²) in [5, 5.41) is -0.426. The SMILES string of the molecule is CC(c1ccccc1F)S(=O)Cc1cccc(F)c1. The summed E-state index contributed by atoms with van der Waals surface area (Å²) in [6.45, 7) is 1.72. The van der Waals surface area contributed by atoms with Crippen molar-refractivity contribution in [3.05, 3.63) is 71.3 Å². The van der Waals surface area contributed by atoms with E-state index in [0.717, 1.165) is 0 Å². The molecule has 0 bridgehead atoms. The predicted octanol–water partition coefficient (Wildman–Crippen LogP) is 3.97. The monoisotopic (exact) mass is 280 g/mol. The van der Waals surface area contributed by atoms with E-state index < -0.39 is 16.0 Å². The van der Waals surface area contributed by atoms with E-state index in [1.807, 2.05) is 0 Å². The predicted molar refractivity (Wildman–Crippen MR) is 73.1 cm³/mol. The normalized spacial score (nSPS) is 14.1. The van der Waals surface area contributed by atoms with Gasteiger partial charge in [0.1, 0.15) is 11.6 Å². The highest BCUT2D eigenvalue weighted by Gasteiger charge is 2.17. The van der Waals surface area contributed by atoms with E-state index in [9.17, 15) is 13.0 Å². The van der Waals surface area contributed by atoms with Gasteiger partial charge in [0.25, 0.3) is 0 Å². The molecule has 0 saturated carbocycles. The van der Waals surface area contributed by atoms with E-state index in [1.54, 1.807) is 37.3 Å². The molecule has 0 aliphatic rings. The van der Waals surface area contributed by atoms with Crippen molar-refractivity contribution in [1.82, 2.24) is 0 Å². The third-order valence-electron chi connectivity index (χ3n) is 2.94. The summed E-state index contributed by atoms with van der Waals surface area (Å²) >= 11 is 0. The van der Waals surface area contributed by atoms with Gasteiger partial charge in [0.15, 0.2) is 0 Å². The molecule has 2 aromatic carbocycles. The van der Waals surface area contributed by atoms with Crippen LogP contribution >= 0.6 is 0 Å². The van der Waals surface area contributed by atoms with Gasteiger partial charge < -0.3 is 0 Å². The van der Waals surface area contributed by atoms with E-state index >= 15 is 0 Å². The fraction of sp³-hybridized carbons (Fsp3) is 0.200. The van der Waals surface area contributed by atoms with Gasteiger partial charge in [0, 0.05) is 22.1 Å². The Morgan fingerprint density at radius 1 is 1.11 bits per heavy atom. The third kappa shape index (κ3) is 3.47. The number of hydrogen-bond acceptors (Lipinski definition) is 1. The van der Waals surface area contributed by atoms with E-state index in [0.29, 0.717) is 11.1 Å². The molecule has 2 unspecified atom stereocenters. The topological polar surface area (TPSA) is 17.1 Å². The maximum atomic E-state index is 13.6. The number of benzene rings is 2. The van der Waals surface area contributed by atoms with E-state index in [1.165, 1.54) is 18.2 Å². The molecule has 0 amide bonds. The zero-order valence-electron chi connectivity index (χ0n) is 10.5. The van der Waals surface area contributed by atoms with Crippen LogP contribution in [0.15, 0.2) is 48.5 Å². The fourth-order valence-corrected chi connectivity index (χ4v) is 3.09. The van der Waals surface area contributed by atoms with Crippen molar-refractivity contribution < 1.29 is 13.0 Å². The minimum absolute atomic E-state index is 0.216. The summed E-state index contributed by atoms with van der Waals surface area (Å²) in [4.78, 5) is 0. The Labute approximate surface area is 113 Å². The highest BCUT2D eigenvalue weighted by Crippen LogP contribution is 2.24. The van der Waals surface area contributed by atoms with Crippen molar-refractivity contribution in [3.63, 3.8) is 0 Å². The first-order chi connectivity index (χ1) is 9.08. The minimum Gasteiger partial charge on any atom is -0.259 e. The lowest BCUT2D eigenvalue weighted by atomic mass is 10.1. The first-order valence-electron chi connectivity index (χ1n) is 5.94. The minimum atomic E-state index is -1.29. The zero-order valence-corrected chi connectivity index (χ0v) is 11.3. The van der Waals surface area contributed by atoms with Gasteiger partial charge in [0.2, 0.25) is 0 Å². The molecule has 1 nitrogen and oxygen atoms in total. The van der Waals surface area contributed by atoms with Crippen LogP contribution in [0.5, 0.6) is 0 Å². The molecular formula is C15H14F2OS. The second kappa shape index (κ2) is 6.06. The van der Waals surface area contributed by atoms with Gasteiger partial charge in [-0.05, 0) is 30.7 Å². The van der Waals surface area contributed by atoms with Gasteiger partial charge >= 0.3 is 0 Å². The van der Waals surface area contributed by atoms with Crippen LogP contribution < -0.4 is 0 Å². The summed E-state index contributed by atoms with van der Waals surface area (Å²) in [5.41, 5.74) is 1.08. The molecule has 0 aliphatic carbocycles. The Morgan fingerprint density at radius 3 is 2.53 bits per heavy atom. The standard InChI is InChI=1S/C15H14F2OS/c1-11(14-7-2-3-8-15(14)17)19(18)10-12-5-4-6-13(16)9-12/h2-9,11H,10H2,1H3. The maximum absolute atomic E-state index is 13.6. The molecule has 0 N–H and O–H groups in total. The van der Waals surface area contributed by atoms with E-state index in [-0.39, 0.29) is 17.4 Å². The molecule has 0 fully saturated rings. The Bertz CT molecular complexity index is 598. The second-order valence-electron chi connectivity index (χ2n) is 4.32. The lowest BCUT2D eigenvalue weighted by Crippen LogP contribution is -2.07. The molecule has 0 aliphatic heterocycles. The highest BCUT2D eigenvalue weighted by molar-refractivity contribution is 7.84. The number of halogens is 2. The average molecular weight is 280 g/mol. The quantitative estimate of drug-likeness (QED) is 0.828. The first-order valence-corrected chi connectivity index (χ1v) is 7.32. The van der Waals surface area contributed by atoms with Gasteiger partial charge in [-0.1, -0.05) is 30.3 Å². The molecule has 2 atom stereocenters. The van der Waals surface area contributed by atoms with Gasteiger partial charge in [-0.2, -0.15) is 0 Å². The molecule has 2 aromatic rings. The van der Waals surface area contributed by atoms with Gasteiger partial charge in [-0.15, -0.1) is 0 Å². The number of rotatable bonds is 4. The van der Waals surface area contributed by atoms with Crippen LogP contribution in [0.4, 0.5) is 8.78 Å². The van der Waals surface area contributed by atoms with Gasteiger partial charge in [-0.25, -0.2) is 8.78 Å². The molecule has 4 heteroatoms. The fourth-order valence-electron chi connectivity index (χ4n) is 1.86. The summed E-state index contributed by atoms with van der Waals surface area (Å²) in [7, 11) is -1.29. The Kier molecular flexibility index (Phi) is 4.43. The van der Waals surface area contributed by atoms with Crippen LogP contribution in [0.3, 0.4) is 0 Å². The molecule has 100 valence electrons.